The monoisotopic (exact) mass is 806 g/mol. The summed E-state index contributed by atoms with van der Waals surface area (Å²) in [5.41, 5.74) is 16.4. The molecule has 1 unspecified atom stereocenters. The molecule has 0 spiro atoms. The molecular weight excluding hydrogens is 757 g/mol. The van der Waals surface area contributed by atoms with Crippen molar-refractivity contribution >= 4 is 62.6 Å². The Balaban J connectivity index is 0.000000530. The van der Waals surface area contributed by atoms with Gasteiger partial charge in [-0.1, -0.05) is 0 Å². The Labute approximate surface area is 272 Å². The van der Waals surface area contributed by atoms with Gasteiger partial charge >= 0.3 is 0 Å². The van der Waals surface area contributed by atoms with Gasteiger partial charge in [-0.3, -0.25) is 0 Å². The van der Waals surface area contributed by atoms with E-state index in [1.165, 1.54) is 6.07 Å². The lowest BCUT2D eigenvalue weighted by molar-refractivity contribution is 0.0866. The highest BCUT2D eigenvalue weighted by molar-refractivity contribution is 14.1. The Kier molecular flexibility index (Phi) is 25.8. The third kappa shape index (κ3) is 24.1. The minimum Gasteiger partial charge on any atom is -0.384 e. The third-order valence-corrected chi connectivity index (χ3v) is 6.43. The Morgan fingerprint density at radius 3 is 1.73 bits per heavy atom. The lowest BCUT2D eigenvalue weighted by atomic mass is 10.1. The third-order valence-electron chi connectivity index (χ3n) is 5.18. The highest BCUT2D eigenvalue weighted by Crippen LogP contribution is 2.17. The van der Waals surface area contributed by atoms with E-state index >= 15 is 0 Å². The van der Waals surface area contributed by atoms with Crippen LogP contribution in [-0.2, 0) is 18.9 Å². The predicted molar refractivity (Wildman–Crippen MR) is 183 cm³/mol. The number of rotatable bonds is 6. The molecule has 0 radical (unpaired) electrons. The fourth-order valence-corrected chi connectivity index (χ4v) is 4.45. The maximum absolute atomic E-state index is 12.2. The first-order valence-corrected chi connectivity index (χ1v) is 16.1. The van der Waals surface area contributed by atoms with E-state index in [0.29, 0.717) is 17.9 Å². The first-order valence-electron chi connectivity index (χ1n) is 14.0. The van der Waals surface area contributed by atoms with Gasteiger partial charge in [0.25, 0.3) is 0 Å². The van der Waals surface area contributed by atoms with Crippen molar-refractivity contribution in [2.75, 3.05) is 69.6 Å². The van der Waals surface area contributed by atoms with Crippen LogP contribution in [0.25, 0.3) is 0 Å². The lowest BCUT2D eigenvalue weighted by Crippen LogP contribution is -2.30. The first-order chi connectivity index (χ1) is 19.6. The van der Waals surface area contributed by atoms with Gasteiger partial charge in [0.2, 0.25) is 5.95 Å². The van der Waals surface area contributed by atoms with Gasteiger partial charge < -0.3 is 41.5 Å². The summed E-state index contributed by atoms with van der Waals surface area (Å²) in [6, 6.07) is 7.53. The molecule has 4 rings (SSSR count). The van der Waals surface area contributed by atoms with Gasteiger partial charge in [0, 0.05) is 65.5 Å². The molecule has 0 amide bonds. The number of hydrogen-bond acceptors (Lipinski definition) is 10. The van der Waals surface area contributed by atoms with Gasteiger partial charge in [0.1, 0.15) is 17.5 Å². The summed E-state index contributed by atoms with van der Waals surface area (Å²) in [5, 5.41) is 3.34. The van der Waals surface area contributed by atoms with Crippen molar-refractivity contribution in [3.8, 4) is 0 Å². The Bertz CT molecular complexity index is 827. The zero-order valence-electron chi connectivity index (χ0n) is 24.8. The number of aromatic nitrogens is 2. The van der Waals surface area contributed by atoms with Crippen molar-refractivity contribution in [1.29, 1.82) is 0 Å². The van der Waals surface area contributed by atoms with Crippen LogP contribution in [-0.4, -0.2) is 74.9 Å². The summed E-state index contributed by atoms with van der Waals surface area (Å²) >= 11 is 4.21. The van der Waals surface area contributed by atoms with Crippen LogP contribution >= 0.6 is 45.2 Å². The van der Waals surface area contributed by atoms with E-state index in [4.69, 9.17) is 36.1 Å². The van der Waals surface area contributed by atoms with Gasteiger partial charge in [-0.25, -0.2) is 9.97 Å². The second kappa shape index (κ2) is 26.5. The summed E-state index contributed by atoms with van der Waals surface area (Å²) in [5.74, 6) is 1.09. The maximum atomic E-state index is 12.2. The number of halogens is 3. The van der Waals surface area contributed by atoms with E-state index in [9.17, 15) is 4.39 Å². The molecule has 2 fully saturated rings. The summed E-state index contributed by atoms with van der Waals surface area (Å²) < 4.78 is 34.2. The van der Waals surface area contributed by atoms with E-state index in [1.54, 1.807) is 6.07 Å². The van der Waals surface area contributed by atoms with Crippen LogP contribution in [0.4, 0.5) is 21.8 Å². The van der Waals surface area contributed by atoms with Crippen LogP contribution < -0.4 is 22.5 Å². The molecule has 4 heterocycles. The molecule has 2 aliphatic heterocycles. The molecule has 2 aromatic rings. The van der Waals surface area contributed by atoms with Crippen molar-refractivity contribution in [3.63, 3.8) is 0 Å². The Morgan fingerprint density at radius 1 is 0.829 bits per heavy atom. The van der Waals surface area contributed by atoms with Crippen molar-refractivity contribution < 1.29 is 23.3 Å². The minimum absolute atomic E-state index is 0.222. The molecule has 2 aromatic heterocycles. The molecule has 1 atom stereocenters. The second-order valence-corrected chi connectivity index (χ2v) is 11.2. The van der Waals surface area contributed by atoms with E-state index < -0.39 is 5.95 Å². The van der Waals surface area contributed by atoms with E-state index in [2.05, 4.69) is 37.9 Å². The molecule has 41 heavy (non-hydrogen) atoms. The molecule has 13 heteroatoms. The van der Waals surface area contributed by atoms with Gasteiger partial charge in [0.05, 0.1) is 12.6 Å². The minimum atomic E-state index is -0.528. The van der Waals surface area contributed by atoms with Crippen molar-refractivity contribution in [3.05, 3.63) is 37.4 Å². The van der Waals surface area contributed by atoms with Crippen LogP contribution in [0.3, 0.4) is 0 Å². The van der Waals surface area contributed by atoms with E-state index in [1.807, 2.05) is 62.4 Å². The summed E-state index contributed by atoms with van der Waals surface area (Å²) in [7, 11) is 0. The first kappa shape index (κ1) is 39.9. The van der Waals surface area contributed by atoms with Gasteiger partial charge in [-0.05, 0) is 117 Å². The van der Waals surface area contributed by atoms with Crippen LogP contribution in [0, 0.1) is 13.1 Å². The van der Waals surface area contributed by atoms with Crippen molar-refractivity contribution in [2.45, 2.75) is 65.5 Å². The highest BCUT2D eigenvalue weighted by Gasteiger charge is 2.14. The quantitative estimate of drug-likeness (QED) is 0.218. The predicted octanol–water partition coefficient (Wildman–Crippen LogP) is 5.48. The SMILES string of the molecule is CCOCC.CCOCC.NC1CCOCC1.Nc1cc(I)cc(F)n1.Nc1cc(I)cc(NC2CCCOC2)n1. The van der Waals surface area contributed by atoms with Gasteiger partial charge in [-0.2, -0.15) is 4.39 Å². The fraction of sp³-hybridized carbons (Fsp3) is 0.643. The number of ether oxygens (including phenoxy) is 4. The fourth-order valence-electron chi connectivity index (χ4n) is 3.26. The van der Waals surface area contributed by atoms with Gasteiger partial charge in [-0.15, -0.1) is 0 Å². The van der Waals surface area contributed by atoms with E-state index in [-0.39, 0.29) is 5.82 Å². The van der Waals surface area contributed by atoms with Crippen LogP contribution in [0.1, 0.15) is 53.4 Å². The Morgan fingerprint density at radius 2 is 1.37 bits per heavy atom. The topological polar surface area (TPSA) is 153 Å². The second-order valence-electron chi connectivity index (χ2n) is 8.70. The largest absolute Gasteiger partial charge is 0.384 e. The summed E-state index contributed by atoms with van der Waals surface area (Å²) in [4.78, 5) is 7.58. The van der Waals surface area contributed by atoms with Gasteiger partial charge in [0.15, 0.2) is 0 Å². The number of hydrogen-bond donors (Lipinski definition) is 4. The van der Waals surface area contributed by atoms with Crippen molar-refractivity contribution in [2.24, 2.45) is 5.73 Å². The number of pyridine rings is 2. The highest BCUT2D eigenvalue weighted by atomic mass is 127. The zero-order chi connectivity index (χ0) is 30.9. The molecule has 0 aromatic carbocycles. The van der Waals surface area contributed by atoms with Crippen LogP contribution in [0.15, 0.2) is 24.3 Å². The average molecular weight is 807 g/mol. The number of nitrogens with one attached hydrogen (secondary N) is 1. The smallest absolute Gasteiger partial charge is 0.215 e. The van der Waals surface area contributed by atoms with Crippen LogP contribution in [0.2, 0.25) is 0 Å². The van der Waals surface area contributed by atoms with Crippen molar-refractivity contribution in [1.82, 2.24) is 9.97 Å². The zero-order valence-corrected chi connectivity index (χ0v) is 29.2. The van der Waals surface area contributed by atoms with Crippen LogP contribution in [0.5, 0.6) is 0 Å². The standard InChI is InChI=1S/C10H14IN3O.C5H4FIN2.C5H11NO.2C4H10O/c11-7-4-9(12)14-10(5-7)13-8-2-1-3-15-6-8;6-4-1-3(7)2-5(8)9-4;6-5-1-3-7-4-2-5;2*1-3-5-4-2/h4-5,8H,1-3,6H2,(H3,12,13,14);1-2H,(H2,8,9);5H,1-4,6H2;2*3-4H2,1-2H3. The summed E-state index contributed by atoms with van der Waals surface area (Å²) in [6.07, 6.45) is 4.32. The molecular formula is C28H49FI2N6O4. The molecule has 2 aliphatic rings. The molecule has 0 aliphatic carbocycles. The molecule has 0 bridgehead atoms. The number of nitrogens with two attached hydrogens (primary N) is 3. The average Bonchev–Trinajstić information content (AvgIpc) is 2.91. The molecule has 10 nitrogen and oxygen atoms in total. The molecule has 236 valence electrons. The lowest BCUT2D eigenvalue weighted by Gasteiger charge is -2.23. The maximum Gasteiger partial charge on any atom is 0.215 e. The number of nitrogen functional groups attached to an aromatic ring is 2. The Hall–Kier alpha value is -1.11. The normalized spacial score (nSPS) is 16.2. The number of nitrogens with zero attached hydrogens (tertiary/aromatic N) is 2. The number of anilines is 3. The molecule has 0 saturated carbocycles. The summed E-state index contributed by atoms with van der Waals surface area (Å²) in [6.45, 7) is 14.7. The van der Waals surface area contributed by atoms with E-state index in [0.717, 1.165) is 91.5 Å². The molecule has 7 N–H and O–H groups in total. The molecule has 2 saturated heterocycles.